The van der Waals surface area contributed by atoms with Crippen LogP contribution >= 0.6 is 7.60 Å². The number of H-pyrrole nitrogens is 1. The molecule has 0 saturated carbocycles. The quantitative estimate of drug-likeness (QED) is 0.207. The molecule has 6 atom stereocenters. The molecule has 3 aromatic carbocycles. The van der Waals surface area contributed by atoms with Crippen molar-refractivity contribution in [3.05, 3.63) is 111 Å². The lowest BCUT2D eigenvalue weighted by Gasteiger charge is -2.25. The van der Waals surface area contributed by atoms with Crippen molar-refractivity contribution in [2.24, 2.45) is 5.92 Å². The standard InChI is InChI=1S/C32H36FN2O8P/c1-21(17-40-18-24-11-5-4-9-22(24)2)20-44(39,43-26-14-8-12-23-10-6-7-13-25(23)26)41-19-27-29(37)32(3,33)30(42-27)35-16-15-28(36)34-31(35)38/h4-16,21,27,29-30,37H,17-20H2,1-3H3,(H,34,36,38)/t21?,27-,29-,30-,32-,44?/m1/s1. The van der Waals surface area contributed by atoms with Crippen LogP contribution in [0.4, 0.5) is 4.39 Å². The maximum atomic E-state index is 15.7. The van der Waals surface area contributed by atoms with Crippen LogP contribution in [0.2, 0.25) is 0 Å². The minimum Gasteiger partial charge on any atom is -0.424 e. The minimum atomic E-state index is -3.96. The number of hydrogen-bond donors (Lipinski definition) is 2. The van der Waals surface area contributed by atoms with E-state index in [9.17, 15) is 19.3 Å². The third-order valence-corrected chi connectivity index (χ3v) is 9.79. The van der Waals surface area contributed by atoms with E-state index in [1.54, 1.807) is 12.1 Å². The number of aliphatic hydroxyl groups excluding tert-OH is 1. The molecule has 0 amide bonds. The van der Waals surface area contributed by atoms with Gasteiger partial charge in [-0.05, 0) is 42.3 Å². The number of alkyl halides is 1. The summed E-state index contributed by atoms with van der Waals surface area (Å²) in [7, 11) is -3.96. The average Bonchev–Trinajstić information content (AvgIpc) is 3.21. The summed E-state index contributed by atoms with van der Waals surface area (Å²) in [6, 6.07) is 21.8. The largest absolute Gasteiger partial charge is 0.424 e. The van der Waals surface area contributed by atoms with Gasteiger partial charge in [0.25, 0.3) is 5.56 Å². The normalized spacial score (nSPS) is 23.8. The van der Waals surface area contributed by atoms with E-state index in [4.69, 9.17) is 18.5 Å². The summed E-state index contributed by atoms with van der Waals surface area (Å²) in [6.07, 6.45) is -3.56. The Morgan fingerprint density at radius 2 is 1.82 bits per heavy atom. The van der Waals surface area contributed by atoms with Gasteiger partial charge in [-0.25, -0.2) is 13.8 Å². The number of fused-ring (bicyclic) bond motifs is 1. The van der Waals surface area contributed by atoms with E-state index in [1.165, 1.54) is 0 Å². The van der Waals surface area contributed by atoms with Crippen molar-refractivity contribution in [1.29, 1.82) is 0 Å². The summed E-state index contributed by atoms with van der Waals surface area (Å²) in [6.45, 7) is 5.10. The van der Waals surface area contributed by atoms with Gasteiger partial charge in [-0.3, -0.25) is 18.9 Å². The highest BCUT2D eigenvalue weighted by molar-refractivity contribution is 7.54. The zero-order valence-corrected chi connectivity index (χ0v) is 25.6. The van der Waals surface area contributed by atoms with Gasteiger partial charge in [-0.15, -0.1) is 0 Å². The Labute approximate surface area is 253 Å². The second-order valence-corrected chi connectivity index (χ2v) is 13.4. The van der Waals surface area contributed by atoms with E-state index in [-0.39, 0.29) is 18.7 Å². The molecule has 234 valence electrons. The van der Waals surface area contributed by atoms with Gasteiger partial charge in [0.15, 0.2) is 11.9 Å². The summed E-state index contributed by atoms with van der Waals surface area (Å²) in [5.74, 6) is 0.0773. The molecule has 0 radical (unpaired) electrons. The maximum Gasteiger partial charge on any atom is 0.379 e. The molecule has 2 unspecified atom stereocenters. The van der Waals surface area contributed by atoms with Gasteiger partial charge in [-0.1, -0.05) is 67.6 Å². The van der Waals surface area contributed by atoms with Crippen LogP contribution in [0.3, 0.4) is 0 Å². The number of rotatable bonds is 12. The second kappa shape index (κ2) is 13.2. The third-order valence-electron chi connectivity index (χ3n) is 7.70. The first-order chi connectivity index (χ1) is 21.0. The molecule has 0 bridgehead atoms. The Morgan fingerprint density at radius 1 is 1.09 bits per heavy atom. The van der Waals surface area contributed by atoms with E-state index in [0.29, 0.717) is 12.4 Å². The molecular weight excluding hydrogens is 590 g/mol. The first-order valence-electron chi connectivity index (χ1n) is 14.3. The maximum absolute atomic E-state index is 15.7. The summed E-state index contributed by atoms with van der Waals surface area (Å²) < 4.78 is 54.6. The van der Waals surface area contributed by atoms with Gasteiger partial charge >= 0.3 is 13.3 Å². The first kappa shape index (κ1) is 31.8. The number of nitrogens with one attached hydrogen (secondary N) is 1. The Bertz CT molecular complexity index is 1770. The molecule has 0 spiro atoms. The van der Waals surface area contributed by atoms with Crippen molar-refractivity contribution in [3.63, 3.8) is 0 Å². The molecule has 44 heavy (non-hydrogen) atoms. The number of aliphatic hydroxyl groups is 1. The number of hydrogen-bond acceptors (Lipinski definition) is 8. The van der Waals surface area contributed by atoms with E-state index in [1.807, 2.05) is 73.4 Å². The van der Waals surface area contributed by atoms with Crippen LogP contribution in [0.1, 0.15) is 31.2 Å². The fourth-order valence-electron chi connectivity index (χ4n) is 5.27. The average molecular weight is 627 g/mol. The first-order valence-corrected chi connectivity index (χ1v) is 16.1. The number of aryl methyl sites for hydroxylation is 1. The Hall–Kier alpha value is -3.60. The number of halogens is 1. The van der Waals surface area contributed by atoms with Crippen molar-refractivity contribution in [1.82, 2.24) is 9.55 Å². The van der Waals surface area contributed by atoms with Gasteiger partial charge in [-0.2, -0.15) is 0 Å². The van der Waals surface area contributed by atoms with Crippen molar-refractivity contribution in [3.8, 4) is 5.75 Å². The lowest BCUT2D eigenvalue weighted by molar-refractivity contribution is -0.0592. The van der Waals surface area contributed by atoms with Crippen LogP contribution in [0.15, 0.2) is 88.6 Å². The second-order valence-electron chi connectivity index (χ2n) is 11.3. The highest BCUT2D eigenvalue weighted by Gasteiger charge is 2.55. The number of aromatic amines is 1. The summed E-state index contributed by atoms with van der Waals surface area (Å²) >= 11 is 0. The molecule has 5 rings (SSSR count). The Kier molecular flexibility index (Phi) is 9.53. The van der Waals surface area contributed by atoms with E-state index >= 15 is 4.39 Å². The molecular formula is C32H36FN2O8P. The summed E-state index contributed by atoms with van der Waals surface area (Å²) in [5.41, 5.74) is -1.85. The monoisotopic (exact) mass is 626 g/mol. The lowest BCUT2D eigenvalue weighted by atomic mass is 9.98. The molecule has 1 saturated heterocycles. The summed E-state index contributed by atoms with van der Waals surface area (Å²) in [5, 5.41) is 12.4. The smallest absolute Gasteiger partial charge is 0.379 e. The molecule has 1 aliphatic heterocycles. The van der Waals surface area contributed by atoms with Gasteiger partial charge in [0.05, 0.1) is 26.0 Å². The number of aromatic nitrogens is 2. The molecule has 10 nitrogen and oxygen atoms in total. The Balaban J connectivity index is 1.34. The van der Waals surface area contributed by atoms with Gasteiger partial charge < -0.3 is 19.1 Å². The molecule has 2 heterocycles. The molecule has 2 N–H and O–H groups in total. The highest BCUT2D eigenvalue weighted by atomic mass is 31.2. The molecule has 0 aliphatic carbocycles. The van der Waals surface area contributed by atoms with Crippen LogP contribution in [0.25, 0.3) is 10.8 Å². The number of nitrogens with zero attached hydrogens (tertiary/aromatic N) is 1. The van der Waals surface area contributed by atoms with Crippen LogP contribution in [-0.2, 0) is 25.2 Å². The third kappa shape index (κ3) is 7.03. The predicted molar refractivity (Wildman–Crippen MR) is 164 cm³/mol. The minimum absolute atomic E-state index is 0.0392. The van der Waals surface area contributed by atoms with Crippen LogP contribution < -0.4 is 15.8 Å². The van der Waals surface area contributed by atoms with Crippen LogP contribution in [-0.4, -0.2) is 51.9 Å². The lowest BCUT2D eigenvalue weighted by Crippen LogP contribution is -2.43. The van der Waals surface area contributed by atoms with Gasteiger partial charge in [0.2, 0.25) is 0 Å². The molecule has 1 aromatic heterocycles. The van der Waals surface area contributed by atoms with E-state index in [0.717, 1.165) is 45.7 Å². The van der Waals surface area contributed by atoms with Crippen molar-refractivity contribution < 1.29 is 32.6 Å². The number of ether oxygens (including phenoxy) is 2. The van der Waals surface area contributed by atoms with Crippen LogP contribution in [0, 0.1) is 12.8 Å². The number of benzene rings is 3. The fourth-order valence-corrected chi connectivity index (χ4v) is 7.20. The van der Waals surface area contributed by atoms with Crippen molar-refractivity contribution in [2.75, 3.05) is 19.4 Å². The highest BCUT2D eigenvalue weighted by Crippen LogP contribution is 2.52. The zero-order chi connectivity index (χ0) is 31.5. The summed E-state index contributed by atoms with van der Waals surface area (Å²) in [4.78, 5) is 25.9. The predicted octanol–water partition coefficient (Wildman–Crippen LogP) is 5.13. The van der Waals surface area contributed by atoms with Gasteiger partial charge in [0, 0.05) is 17.6 Å². The van der Waals surface area contributed by atoms with E-state index in [2.05, 4.69) is 0 Å². The SMILES string of the molecule is Cc1ccccc1COCC(C)CP(=O)(OC[C@H]1O[C@@H](n2ccc(=O)[nH]c2=O)[C@](C)(F)[C@@H]1O)Oc1cccc2ccccc12. The zero-order valence-electron chi connectivity index (χ0n) is 24.7. The molecule has 4 aromatic rings. The molecule has 1 aliphatic rings. The van der Waals surface area contributed by atoms with Crippen molar-refractivity contribution in [2.45, 2.75) is 51.5 Å². The Morgan fingerprint density at radius 3 is 2.59 bits per heavy atom. The topological polar surface area (TPSA) is 129 Å². The molecule has 12 heteroatoms. The van der Waals surface area contributed by atoms with E-state index < -0.39 is 49.6 Å². The van der Waals surface area contributed by atoms with Crippen LogP contribution in [0.5, 0.6) is 5.75 Å². The van der Waals surface area contributed by atoms with Gasteiger partial charge in [0.1, 0.15) is 18.0 Å². The molecule has 1 fully saturated rings. The van der Waals surface area contributed by atoms with Crippen molar-refractivity contribution >= 4 is 18.4 Å². The fraction of sp³-hybridized carbons (Fsp3) is 0.375.